The highest BCUT2D eigenvalue weighted by Gasteiger charge is 2.13. The Morgan fingerprint density at radius 3 is 2.86 bits per heavy atom. The third kappa shape index (κ3) is 2.80. The first-order valence-corrected chi connectivity index (χ1v) is 7.47. The zero-order valence-electron chi connectivity index (χ0n) is 11.8. The molecule has 4 nitrogen and oxygen atoms in total. The maximum absolute atomic E-state index is 12.5. The average molecular weight is 357 g/mol. The number of benzene rings is 2. The molecule has 1 heterocycles. The molecular weight excluding hydrogens is 344 g/mol. The number of nitrogens with one attached hydrogen (secondary N) is 1. The highest BCUT2D eigenvalue weighted by molar-refractivity contribution is 9.10. The van der Waals surface area contributed by atoms with E-state index in [0.717, 1.165) is 16.6 Å². The number of carbonyl (C=O) groups excluding carboxylic acids is 1. The van der Waals surface area contributed by atoms with Gasteiger partial charge in [0.25, 0.3) is 5.91 Å². The molecule has 0 saturated carbocycles. The number of carbonyl (C=O) groups is 1. The smallest absolute Gasteiger partial charge is 0.256 e. The molecule has 0 spiro atoms. The molecule has 110 valence electrons. The molecule has 1 N–H and O–H groups in total. The van der Waals surface area contributed by atoms with Gasteiger partial charge in [0.2, 0.25) is 0 Å². The quantitative estimate of drug-likeness (QED) is 0.762. The molecule has 0 saturated heterocycles. The topological polar surface area (TPSA) is 51.2 Å². The molecule has 0 aliphatic heterocycles. The monoisotopic (exact) mass is 356 g/mol. The van der Waals surface area contributed by atoms with Gasteiger partial charge < -0.3 is 10.1 Å². The summed E-state index contributed by atoms with van der Waals surface area (Å²) in [5, 5.41) is 3.83. The van der Waals surface area contributed by atoms with Gasteiger partial charge in [-0.1, -0.05) is 6.07 Å². The molecule has 5 heteroatoms. The van der Waals surface area contributed by atoms with Crippen LogP contribution in [-0.4, -0.2) is 18.0 Å². The van der Waals surface area contributed by atoms with E-state index in [0.29, 0.717) is 15.8 Å². The Balaban J connectivity index is 1.97. The lowest BCUT2D eigenvalue weighted by molar-refractivity contribution is 0.102. The molecular formula is C17H13BrN2O2. The van der Waals surface area contributed by atoms with Gasteiger partial charge in [0.1, 0.15) is 5.75 Å². The fourth-order valence-electron chi connectivity index (χ4n) is 2.21. The number of pyridine rings is 1. The molecule has 3 aromatic rings. The van der Waals surface area contributed by atoms with Crippen molar-refractivity contribution < 1.29 is 9.53 Å². The number of rotatable bonds is 3. The second-order valence-electron chi connectivity index (χ2n) is 4.68. The van der Waals surface area contributed by atoms with E-state index < -0.39 is 0 Å². The fraction of sp³-hybridized carbons (Fsp3) is 0.0588. The van der Waals surface area contributed by atoms with Crippen molar-refractivity contribution in [1.82, 2.24) is 4.98 Å². The first-order valence-electron chi connectivity index (χ1n) is 6.67. The molecule has 22 heavy (non-hydrogen) atoms. The molecule has 0 radical (unpaired) electrons. The molecule has 0 unspecified atom stereocenters. The van der Waals surface area contributed by atoms with E-state index in [-0.39, 0.29) is 5.91 Å². The summed E-state index contributed by atoms with van der Waals surface area (Å²) in [4.78, 5) is 16.8. The van der Waals surface area contributed by atoms with Crippen LogP contribution >= 0.6 is 15.9 Å². The van der Waals surface area contributed by atoms with Crippen LogP contribution in [0.2, 0.25) is 0 Å². The van der Waals surface area contributed by atoms with E-state index in [2.05, 4.69) is 26.2 Å². The van der Waals surface area contributed by atoms with Crippen molar-refractivity contribution >= 4 is 38.4 Å². The normalized spacial score (nSPS) is 10.5. The van der Waals surface area contributed by atoms with Crippen LogP contribution in [0.15, 0.2) is 59.2 Å². The summed E-state index contributed by atoms with van der Waals surface area (Å²) >= 11 is 3.39. The summed E-state index contributed by atoms with van der Waals surface area (Å²) in [5.74, 6) is 0.426. The number of hydrogen-bond donors (Lipinski definition) is 1. The lowest BCUT2D eigenvalue weighted by Gasteiger charge is -2.10. The van der Waals surface area contributed by atoms with Gasteiger partial charge in [-0.3, -0.25) is 9.78 Å². The van der Waals surface area contributed by atoms with Gasteiger partial charge in [-0.05, 0) is 58.4 Å². The lowest BCUT2D eigenvalue weighted by atomic mass is 10.1. The van der Waals surface area contributed by atoms with Crippen LogP contribution in [0, 0.1) is 0 Å². The van der Waals surface area contributed by atoms with Gasteiger partial charge in [0.15, 0.2) is 0 Å². The predicted octanol–water partition coefficient (Wildman–Crippen LogP) is 4.26. The summed E-state index contributed by atoms with van der Waals surface area (Å²) in [7, 11) is 1.57. The van der Waals surface area contributed by atoms with Gasteiger partial charge in [-0.2, -0.15) is 0 Å². The Kier molecular flexibility index (Phi) is 4.06. The van der Waals surface area contributed by atoms with Gasteiger partial charge >= 0.3 is 0 Å². The second kappa shape index (κ2) is 6.15. The van der Waals surface area contributed by atoms with Gasteiger partial charge in [-0.25, -0.2) is 0 Å². The zero-order valence-corrected chi connectivity index (χ0v) is 13.4. The number of ether oxygens (including phenoxy) is 1. The van der Waals surface area contributed by atoms with Crippen molar-refractivity contribution in [1.29, 1.82) is 0 Å². The number of aromatic nitrogens is 1. The van der Waals surface area contributed by atoms with Crippen LogP contribution in [-0.2, 0) is 0 Å². The summed E-state index contributed by atoms with van der Waals surface area (Å²) in [6.45, 7) is 0. The van der Waals surface area contributed by atoms with Crippen LogP contribution in [0.3, 0.4) is 0 Å². The maximum atomic E-state index is 12.5. The maximum Gasteiger partial charge on any atom is 0.256 e. The third-order valence-corrected chi connectivity index (χ3v) is 4.00. The predicted molar refractivity (Wildman–Crippen MR) is 90.4 cm³/mol. The number of halogens is 1. The SMILES string of the molecule is COc1ccc(Br)c(C(=O)Nc2cccc3ncccc23)c1. The minimum atomic E-state index is -0.206. The number of anilines is 1. The standard InChI is InChI=1S/C17H13BrN2O2/c1-22-11-7-8-14(18)13(10-11)17(21)20-16-6-2-5-15-12(16)4-3-9-19-15/h2-10H,1H3,(H,20,21). The first-order chi connectivity index (χ1) is 10.7. The number of hydrogen-bond acceptors (Lipinski definition) is 3. The summed E-state index contributed by atoms with van der Waals surface area (Å²) in [6.07, 6.45) is 1.73. The van der Waals surface area contributed by atoms with Crippen molar-refractivity contribution in [3.8, 4) is 5.75 Å². The van der Waals surface area contributed by atoms with Crippen LogP contribution in [0.1, 0.15) is 10.4 Å². The molecule has 2 aromatic carbocycles. The molecule has 0 fully saturated rings. The average Bonchev–Trinajstić information content (AvgIpc) is 2.55. The minimum Gasteiger partial charge on any atom is -0.497 e. The molecule has 1 amide bonds. The van der Waals surface area contributed by atoms with Crippen LogP contribution in [0.5, 0.6) is 5.75 Å². The highest BCUT2D eigenvalue weighted by atomic mass is 79.9. The number of nitrogens with zero attached hydrogens (tertiary/aromatic N) is 1. The van der Waals surface area contributed by atoms with E-state index in [1.54, 1.807) is 31.5 Å². The summed E-state index contributed by atoms with van der Waals surface area (Å²) in [6, 6.07) is 14.7. The van der Waals surface area contributed by atoms with Crippen molar-refractivity contribution in [2.75, 3.05) is 12.4 Å². The Hall–Kier alpha value is -2.40. The van der Waals surface area contributed by atoms with E-state index in [9.17, 15) is 4.79 Å². The zero-order chi connectivity index (χ0) is 15.5. The Morgan fingerprint density at radius 1 is 1.18 bits per heavy atom. The molecule has 3 rings (SSSR count). The lowest BCUT2D eigenvalue weighted by Crippen LogP contribution is -2.13. The number of fused-ring (bicyclic) bond motifs is 1. The van der Waals surface area contributed by atoms with E-state index in [4.69, 9.17) is 4.74 Å². The third-order valence-electron chi connectivity index (χ3n) is 3.31. The summed E-state index contributed by atoms with van der Waals surface area (Å²) in [5.41, 5.74) is 2.08. The van der Waals surface area contributed by atoms with Crippen molar-refractivity contribution in [2.45, 2.75) is 0 Å². The molecule has 0 atom stereocenters. The van der Waals surface area contributed by atoms with E-state index >= 15 is 0 Å². The van der Waals surface area contributed by atoms with E-state index in [1.165, 1.54) is 0 Å². The van der Waals surface area contributed by atoms with Gasteiger partial charge in [0.05, 0.1) is 23.9 Å². The van der Waals surface area contributed by atoms with Crippen molar-refractivity contribution in [2.24, 2.45) is 0 Å². The molecule has 1 aromatic heterocycles. The van der Waals surface area contributed by atoms with Crippen LogP contribution < -0.4 is 10.1 Å². The van der Waals surface area contributed by atoms with Crippen molar-refractivity contribution in [3.05, 3.63) is 64.8 Å². The van der Waals surface area contributed by atoms with Crippen molar-refractivity contribution in [3.63, 3.8) is 0 Å². The Labute approximate surface area is 136 Å². The number of methoxy groups -OCH3 is 1. The fourth-order valence-corrected chi connectivity index (χ4v) is 2.63. The van der Waals surface area contributed by atoms with Crippen LogP contribution in [0.25, 0.3) is 10.9 Å². The molecule has 0 aliphatic rings. The second-order valence-corrected chi connectivity index (χ2v) is 5.53. The first kappa shape index (κ1) is 14.5. The molecule has 0 bridgehead atoms. The Bertz CT molecular complexity index is 844. The Morgan fingerprint density at radius 2 is 2.05 bits per heavy atom. The number of amides is 1. The minimum absolute atomic E-state index is 0.206. The summed E-state index contributed by atoms with van der Waals surface area (Å²) < 4.78 is 5.88. The van der Waals surface area contributed by atoms with Crippen LogP contribution in [0.4, 0.5) is 5.69 Å². The van der Waals surface area contributed by atoms with Gasteiger partial charge in [-0.15, -0.1) is 0 Å². The van der Waals surface area contributed by atoms with E-state index in [1.807, 2.05) is 30.3 Å². The highest BCUT2D eigenvalue weighted by Crippen LogP contribution is 2.26. The van der Waals surface area contributed by atoms with Gasteiger partial charge in [0, 0.05) is 16.1 Å². The largest absolute Gasteiger partial charge is 0.497 e. The molecule has 0 aliphatic carbocycles.